The summed E-state index contributed by atoms with van der Waals surface area (Å²) < 4.78 is 0. The van der Waals surface area contributed by atoms with Crippen LogP contribution in [0.4, 0.5) is 5.69 Å². The molecule has 0 aliphatic carbocycles. The van der Waals surface area contributed by atoms with Gasteiger partial charge in [-0.05, 0) is 19.1 Å². The minimum atomic E-state index is 0.101. The first-order chi connectivity index (χ1) is 8.25. The molecule has 0 aliphatic heterocycles. The van der Waals surface area contributed by atoms with Gasteiger partial charge >= 0.3 is 0 Å². The second-order valence-corrected chi connectivity index (χ2v) is 3.22. The lowest BCUT2D eigenvalue weighted by Crippen LogP contribution is -2.25. The maximum absolute atomic E-state index is 11.7. The predicted molar refractivity (Wildman–Crippen MR) is 73.9 cm³/mol. The number of carbonyl (C=O) groups is 1. The Bertz CT molecular complexity index is 373. The van der Waals surface area contributed by atoms with Gasteiger partial charge < -0.3 is 4.90 Å². The molecule has 1 amide bonds. The maximum atomic E-state index is 11.7. The van der Waals surface area contributed by atoms with E-state index in [0.717, 1.165) is 5.69 Å². The summed E-state index contributed by atoms with van der Waals surface area (Å²) in [6, 6.07) is 9.62. The van der Waals surface area contributed by atoms with Gasteiger partial charge in [0.05, 0.1) is 0 Å². The largest absolute Gasteiger partial charge is 0.315 e. The van der Waals surface area contributed by atoms with Crippen LogP contribution in [0.5, 0.6) is 0 Å². The molecule has 17 heavy (non-hydrogen) atoms. The van der Waals surface area contributed by atoms with Gasteiger partial charge in [-0.3, -0.25) is 4.79 Å². The molecule has 2 heteroatoms. The zero-order valence-corrected chi connectivity index (χ0v) is 11.2. The van der Waals surface area contributed by atoms with Crippen LogP contribution in [-0.2, 0) is 4.79 Å². The molecule has 0 radical (unpaired) electrons. The fourth-order valence-electron chi connectivity index (χ4n) is 1.26. The molecule has 0 aromatic heterocycles. The number of hydrogen-bond donors (Lipinski definition) is 0. The summed E-state index contributed by atoms with van der Waals surface area (Å²) in [5, 5.41) is 0. The van der Waals surface area contributed by atoms with Crippen LogP contribution >= 0.6 is 0 Å². The normalized spacial score (nSPS) is 8.24. The van der Waals surface area contributed by atoms with Gasteiger partial charge in [-0.25, -0.2) is 0 Å². The molecule has 0 fully saturated rings. The first-order valence-electron chi connectivity index (χ1n) is 5.97. The van der Waals surface area contributed by atoms with E-state index in [1.165, 1.54) is 0 Å². The molecule has 0 atom stereocenters. The van der Waals surface area contributed by atoms with Crippen molar-refractivity contribution in [3.05, 3.63) is 30.3 Å². The monoisotopic (exact) mass is 231 g/mol. The molecule has 1 aromatic rings. The van der Waals surface area contributed by atoms with Crippen molar-refractivity contribution in [2.24, 2.45) is 0 Å². The minimum absolute atomic E-state index is 0.101. The molecule has 0 aliphatic rings. The van der Waals surface area contributed by atoms with Gasteiger partial charge in [0.2, 0.25) is 5.91 Å². The summed E-state index contributed by atoms with van der Waals surface area (Å²) in [7, 11) is 1.79. The highest BCUT2D eigenvalue weighted by molar-refractivity contribution is 5.92. The van der Waals surface area contributed by atoms with Crippen LogP contribution < -0.4 is 4.90 Å². The summed E-state index contributed by atoms with van der Waals surface area (Å²) in [5.41, 5.74) is 0.923. The second kappa shape index (κ2) is 9.47. The Labute approximate surface area is 105 Å². The smallest absolute Gasteiger partial charge is 0.227 e. The number of carbonyl (C=O) groups excluding carboxylic acids is 1. The van der Waals surface area contributed by atoms with Crippen LogP contribution in [0.3, 0.4) is 0 Å². The predicted octanol–water partition coefficient (Wildman–Crippen LogP) is 3.48. The lowest BCUT2D eigenvalue weighted by molar-refractivity contribution is -0.118. The number of rotatable bonds is 3. The Morgan fingerprint density at radius 3 is 2.35 bits per heavy atom. The van der Waals surface area contributed by atoms with E-state index in [1.54, 1.807) is 18.9 Å². The number of anilines is 1. The van der Waals surface area contributed by atoms with Crippen molar-refractivity contribution in [1.29, 1.82) is 0 Å². The molecule has 1 aromatic carbocycles. The Morgan fingerprint density at radius 2 is 1.82 bits per heavy atom. The molecule has 0 heterocycles. The molecule has 1 rings (SSSR count). The summed E-state index contributed by atoms with van der Waals surface area (Å²) in [5.74, 6) is 5.77. The van der Waals surface area contributed by atoms with Crippen molar-refractivity contribution in [1.82, 2.24) is 0 Å². The highest BCUT2D eigenvalue weighted by atomic mass is 16.2. The van der Waals surface area contributed by atoms with Crippen molar-refractivity contribution in [3.8, 4) is 11.8 Å². The average Bonchev–Trinajstić information content (AvgIpc) is 2.41. The summed E-state index contributed by atoms with van der Waals surface area (Å²) in [4.78, 5) is 13.3. The van der Waals surface area contributed by atoms with Crippen molar-refractivity contribution in [3.63, 3.8) is 0 Å². The fourth-order valence-corrected chi connectivity index (χ4v) is 1.26. The molecule has 92 valence electrons. The summed E-state index contributed by atoms with van der Waals surface area (Å²) >= 11 is 0. The van der Waals surface area contributed by atoms with Crippen molar-refractivity contribution < 1.29 is 4.79 Å². The topological polar surface area (TPSA) is 20.3 Å². The molecular formula is C15H21NO. The average molecular weight is 231 g/mol. The van der Waals surface area contributed by atoms with Gasteiger partial charge in [-0.15, -0.1) is 11.8 Å². The number of para-hydroxylation sites is 1. The maximum Gasteiger partial charge on any atom is 0.227 e. The van der Waals surface area contributed by atoms with Gasteiger partial charge in [-0.1, -0.05) is 32.0 Å². The van der Waals surface area contributed by atoms with Crippen molar-refractivity contribution in [2.75, 3.05) is 11.9 Å². The highest BCUT2D eigenvalue weighted by Crippen LogP contribution is 2.12. The molecule has 0 saturated heterocycles. The highest BCUT2D eigenvalue weighted by Gasteiger charge is 2.08. The zero-order chi connectivity index (χ0) is 13.1. The Balaban J connectivity index is 0.00000121. The molecular weight excluding hydrogens is 210 g/mol. The fraction of sp³-hybridized carbons (Fsp3) is 0.400. The standard InChI is InChI=1S/C13H15NO.C2H6/c1-3-4-6-11-13(15)14(2)12-9-7-5-8-10-12;1-2/h5,7-10H,6,11H2,1-2H3;1-2H3. The van der Waals surface area contributed by atoms with E-state index < -0.39 is 0 Å². The Hall–Kier alpha value is -1.75. The third kappa shape index (κ3) is 5.77. The van der Waals surface area contributed by atoms with Gasteiger partial charge in [-0.2, -0.15) is 0 Å². The molecule has 0 bridgehead atoms. The van der Waals surface area contributed by atoms with Crippen LogP contribution in [0, 0.1) is 11.8 Å². The number of benzene rings is 1. The molecule has 0 unspecified atom stereocenters. The quantitative estimate of drug-likeness (QED) is 0.729. The van der Waals surface area contributed by atoms with Crippen LogP contribution in [0.2, 0.25) is 0 Å². The Kier molecular flexibility index (Phi) is 8.50. The SMILES string of the molecule is CC.CC#CCCC(=O)N(C)c1ccccc1. The van der Waals surface area contributed by atoms with E-state index >= 15 is 0 Å². The lowest BCUT2D eigenvalue weighted by Gasteiger charge is -2.16. The van der Waals surface area contributed by atoms with E-state index in [0.29, 0.717) is 12.8 Å². The summed E-state index contributed by atoms with van der Waals surface area (Å²) in [6.45, 7) is 5.78. The summed E-state index contributed by atoms with van der Waals surface area (Å²) in [6.07, 6.45) is 1.11. The van der Waals surface area contributed by atoms with Crippen LogP contribution in [0.1, 0.15) is 33.6 Å². The van der Waals surface area contributed by atoms with E-state index in [-0.39, 0.29) is 5.91 Å². The third-order valence-electron chi connectivity index (χ3n) is 2.16. The van der Waals surface area contributed by atoms with E-state index in [4.69, 9.17) is 0 Å². The molecule has 2 nitrogen and oxygen atoms in total. The van der Waals surface area contributed by atoms with Crippen LogP contribution in [0.25, 0.3) is 0 Å². The molecule has 0 N–H and O–H groups in total. The number of amides is 1. The Morgan fingerprint density at radius 1 is 1.24 bits per heavy atom. The van der Waals surface area contributed by atoms with E-state index in [9.17, 15) is 4.79 Å². The van der Waals surface area contributed by atoms with E-state index in [1.807, 2.05) is 44.2 Å². The van der Waals surface area contributed by atoms with Crippen molar-refractivity contribution in [2.45, 2.75) is 33.6 Å². The van der Waals surface area contributed by atoms with Crippen LogP contribution in [0.15, 0.2) is 30.3 Å². The number of hydrogen-bond acceptors (Lipinski definition) is 1. The lowest BCUT2D eigenvalue weighted by atomic mass is 10.2. The van der Waals surface area contributed by atoms with Gasteiger partial charge in [0.15, 0.2) is 0 Å². The minimum Gasteiger partial charge on any atom is -0.315 e. The van der Waals surface area contributed by atoms with Crippen LogP contribution in [-0.4, -0.2) is 13.0 Å². The van der Waals surface area contributed by atoms with E-state index in [2.05, 4.69) is 11.8 Å². The first-order valence-corrected chi connectivity index (χ1v) is 5.97. The van der Waals surface area contributed by atoms with Gasteiger partial charge in [0.25, 0.3) is 0 Å². The van der Waals surface area contributed by atoms with Crippen molar-refractivity contribution >= 4 is 11.6 Å². The molecule has 0 spiro atoms. The van der Waals surface area contributed by atoms with Gasteiger partial charge in [0.1, 0.15) is 0 Å². The molecule has 0 saturated carbocycles. The zero-order valence-electron chi connectivity index (χ0n) is 11.2. The van der Waals surface area contributed by atoms with Gasteiger partial charge in [0, 0.05) is 25.6 Å². The second-order valence-electron chi connectivity index (χ2n) is 3.22. The number of nitrogens with zero attached hydrogens (tertiary/aromatic N) is 1. The third-order valence-corrected chi connectivity index (χ3v) is 2.16. The first kappa shape index (κ1) is 15.2.